The summed E-state index contributed by atoms with van der Waals surface area (Å²) in [5.74, 6) is -0.0237. The molecule has 2 aliphatic heterocycles. The third-order valence-corrected chi connectivity index (χ3v) is 8.40. The van der Waals surface area contributed by atoms with Crippen molar-refractivity contribution in [3.63, 3.8) is 0 Å². The van der Waals surface area contributed by atoms with Crippen molar-refractivity contribution in [2.45, 2.75) is 30.0 Å². The van der Waals surface area contributed by atoms with E-state index >= 15 is 0 Å². The molecule has 0 saturated carbocycles. The maximum atomic E-state index is 13.1. The van der Waals surface area contributed by atoms with Crippen LogP contribution in [0.3, 0.4) is 0 Å². The number of nitrogens with one attached hydrogen (secondary N) is 1. The van der Waals surface area contributed by atoms with Gasteiger partial charge in [0.1, 0.15) is 5.82 Å². The number of anilines is 2. The smallest absolute Gasteiger partial charge is 0.369 e. The van der Waals surface area contributed by atoms with E-state index in [-0.39, 0.29) is 23.4 Å². The molecule has 0 bridgehead atoms. The largest absolute Gasteiger partial charge is 0.417 e. The number of benzene rings is 1. The van der Waals surface area contributed by atoms with Crippen LogP contribution in [-0.2, 0) is 21.0 Å². The number of nitrogens with two attached hydrogens (primary N) is 1. The highest BCUT2D eigenvalue weighted by atomic mass is 32.2. The lowest BCUT2D eigenvalue weighted by Gasteiger charge is -2.35. The van der Waals surface area contributed by atoms with Crippen molar-refractivity contribution in [1.29, 1.82) is 0 Å². The fourth-order valence-corrected chi connectivity index (χ4v) is 5.93. The summed E-state index contributed by atoms with van der Waals surface area (Å²) in [5, 5.41) is 3.09. The lowest BCUT2D eigenvalue weighted by atomic mass is 10.1. The van der Waals surface area contributed by atoms with Gasteiger partial charge in [0.2, 0.25) is 15.9 Å². The number of amides is 1. The van der Waals surface area contributed by atoms with Crippen LogP contribution < -0.4 is 16.0 Å². The van der Waals surface area contributed by atoms with Gasteiger partial charge in [-0.2, -0.15) is 17.5 Å². The Morgan fingerprint density at radius 2 is 1.64 bits per heavy atom. The molecule has 2 aliphatic rings. The van der Waals surface area contributed by atoms with Crippen LogP contribution in [-0.4, -0.2) is 80.4 Å². The van der Waals surface area contributed by atoms with Gasteiger partial charge < -0.3 is 16.0 Å². The Balaban J connectivity index is 1.30. The summed E-state index contributed by atoms with van der Waals surface area (Å²) in [6, 6.07) is 8.97. The lowest BCUT2D eigenvalue weighted by Crippen LogP contribution is -2.48. The topological polar surface area (TPSA) is 112 Å². The molecule has 4 rings (SSSR count). The molecule has 36 heavy (non-hydrogen) atoms. The van der Waals surface area contributed by atoms with E-state index in [1.807, 2.05) is 4.90 Å². The molecular formula is C23H29F3N6O3S. The first kappa shape index (κ1) is 26.2. The quantitative estimate of drug-likeness (QED) is 0.568. The van der Waals surface area contributed by atoms with Gasteiger partial charge in [0.25, 0.3) is 0 Å². The zero-order valence-corrected chi connectivity index (χ0v) is 20.4. The fourth-order valence-electron chi connectivity index (χ4n) is 4.46. The molecule has 196 valence electrons. The number of alkyl halides is 3. The summed E-state index contributed by atoms with van der Waals surface area (Å²) in [6.07, 6.45) is -2.64. The standard InChI is InChI=1S/C23H29F3N6O3S/c24-23(25,26)17-1-6-22(28-15-17)29-18-7-9-32(10-8-18)36(34,35)20-4-2-19(3-5-20)31-13-11-30(12-14-31)16-21(27)33/h1-6,15,18H,7-14,16H2,(H2,27,33)(H,28,29). The van der Waals surface area contributed by atoms with Crippen LogP contribution >= 0.6 is 0 Å². The molecule has 9 nitrogen and oxygen atoms in total. The summed E-state index contributed by atoms with van der Waals surface area (Å²) >= 11 is 0. The molecule has 0 spiro atoms. The summed E-state index contributed by atoms with van der Waals surface area (Å²) in [6.45, 7) is 3.66. The Morgan fingerprint density at radius 1 is 1.00 bits per heavy atom. The molecule has 1 aromatic heterocycles. The SMILES string of the molecule is NC(=O)CN1CCN(c2ccc(S(=O)(=O)N3CCC(Nc4ccc(C(F)(F)F)cn4)CC3)cc2)CC1. The summed E-state index contributed by atoms with van der Waals surface area (Å²) in [5.41, 5.74) is 5.35. The number of hydrogen-bond donors (Lipinski definition) is 2. The zero-order valence-electron chi connectivity index (χ0n) is 19.6. The molecule has 0 aliphatic carbocycles. The van der Waals surface area contributed by atoms with Crippen molar-refractivity contribution in [1.82, 2.24) is 14.2 Å². The maximum absolute atomic E-state index is 13.1. The predicted molar refractivity (Wildman–Crippen MR) is 129 cm³/mol. The third kappa shape index (κ3) is 6.26. The second-order valence-electron chi connectivity index (χ2n) is 8.98. The van der Waals surface area contributed by atoms with E-state index in [1.54, 1.807) is 24.3 Å². The first-order chi connectivity index (χ1) is 17.0. The van der Waals surface area contributed by atoms with Crippen LogP contribution in [0.15, 0.2) is 47.5 Å². The highest BCUT2D eigenvalue weighted by molar-refractivity contribution is 7.89. The van der Waals surface area contributed by atoms with E-state index in [2.05, 4.69) is 15.2 Å². The van der Waals surface area contributed by atoms with Crippen LogP contribution in [0.5, 0.6) is 0 Å². The van der Waals surface area contributed by atoms with E-state index in [0.717, 1.165) is 18.0 Å². The van der Waals surface area contributed by atoms with Gasteiger partial charge in [0, 0.05) is 57.2 Å². The molecule has 2 saturated heterocycles. The number of piperidine rings is 1. The second-order valence-corrected chi connectivity index (χ2v) is 10.9. The minimum Gasteiger partial charge on any atom is -0.369 e. The first-order valence-corrected chi connectivity index (χ1v) is 13.1. The molecule has 2 fully saturated rings. The van der Waals surface area contributed by atoms with Gasteiger partial charge in [-0.3, -0.25) is 9.69 Å². The molecule has 3 heterocycles. The van der Waals surface area contributed by atoms with Gasteiger partial charge in [0.05, 0.1) is 17.0 Å². The normalized spacial score (nSPS) is 18.8. The molecule has 1 aromatic carbocycles. The number of carbonyl (C=O) groups is 1. The van der Waals surface area contributed by atoms with Gasteiger partial charge >= 0.3 is 6.18 Å². The molecule has 3 N–H and O–H groups in total. The average Bonchev–Trinajstić information content (AvgIpc) is 2.84. The van der Waals surface area contributed by atoms with E-state index < -0.39 is 21.8 Å². The Bertz CT molecular complexity index is 1140. The number of nitrogens with zero attached hydrogens (tertiary/aromatic N) is 4. The summed E-state index contributed by atoms with van der Waals surface area (Å²) < 4.78 is 65.8. The number of piperazine rings is 1. The van der Waals surface area contributed by atoms with Crippen LogP contribution in [0.2, 0.25) is 0 Å². The van der Waals surface area contributed by atoms with Crippen LogP contribution in [0.25, 0.3) is 0 Å². The van der Waals surface area contributed by atoms with Crippen molar-refractivity contribution in [2.24, 2.45) is 5.73 Å². The van der Waals surface area contributed by atoms with Crippen molar-refractivity contribution < 1.29 is 26.4 Å². The molecule has 0 radical (unpaired) electrons. The van der Waals surface area contributed by atoms with Gasteiger partial charge in [-0.15, -0.1) is 0 Å². The van der Waals surface area contributed by atoms with Gasteiger partial charge in [0.15, 0.2) is 0 Å². The minimum absolute atomic E-state index is 0.0868. The maximum Gasteiger partial charge on any atom is 0.417 e. The van der Waals surface area contributed by atoms with E-state index in [9.17, 15) is 26.4 Å². The number of pyridine rings is 1. The van der Waals surface area contributed by atoms with Crippen LogP contribution in [0, 0.1) is 0 Å². The van der Waals surface area contributed by atoms with Crippen molar-refractivity contribution in [3.05, 3.63) is 48.2 Å². The molecule has 13 heteroatoms. The van der Waals surface area contributed by atoms with Crippen LogP contribution in [0.4, 0.5) is 24.7 Å². The molecule has 0 atom stereocenters. The zero-order chi connectivity index (χ0) is 25.9. The minimum atomic E-state index is -4.44. The van der Waals surface area contributed by atoms with E-state index in [1.165, 1.54) is 10.4 Å². The highest BCUT2D eigenvalue weighted by Crippen LogP contribution is 2.29. The van der Waals surface area contributed by atoms with Crippen molar-refractivity contribution in [2.75, 3.05) is 56.0 Å². The Kier molecular flexibility index (Phi) is 7.71. The fraction of sp³-hybridized carbons (Fsp3) is 0.478. The summed E-state index contributed by atoms with van der Waals surface area (Å²) in [7, 11) is -3.66. The third-order valence-electron chi connectivity index (χ3n) is 6.49. The number of rotatable bonds is 7. The van der Waals surface area contributed by atoms with E-state index in [4.69, 9.17) is 5.73 Å². The molecule has 1 amide bonds. The first-order valence-electron chi connectivity index (χ1n) is 11.7. The lowest BCUT2D eigenvalue weighted by molar-refractivity contribution is -0.137. The second kappa shape index (κ2) is 10.6. The number of primary amides is 1. The number of hydrogen-bond acceptors (Lipinski definition) is 7. The Morgan fingerprint density at radius 3 is 2.17 bits per heavy atom. The predicted octanol–water partition coefficient (Wildman–Crippen LogP) is 1.97. The summed E-state index contributed by atoms with van der Waals surface area (Å²) in [4.78, 5) is 19.3. The van der Waals surface area contributed by atoms with Crippen LogP contribution in [0.1, 0.15) is 18.4 Å². The van der Waals surface area contributed by atoms with Gasteiger partial charge in [-0.25, -0.2) is 13.4 Å². The van der Waals surface area contributed by atoms with Gasteiger partial charge in [-0.1, -0.05) is 0 Å². The number of carbonyl (C=O) groups excluding carboxylic acids is 1. The number of sulfonamides is 1. The molecular weight excluding hydrogens is 497 g/mol. The Labute approximate surface area is 208 Å². The highest BCUT2D eigenvalue weighted by Gasteiger charge is 2.32. The number of aromatic nitrogens is 1. The molecule has 0 unspecified atom stereocenters. The number of halogens is 3. The monoisotopic (exact) mass is 526 g/mol. The molecule has 2 aromatic rings. The van der Waals surface area contributed by atoms with E-state index in [0.29, 0.717) is 57.9 Å². The van der Waals surface area contributed by atoms with Crippen molar-refractivity contribution in [3.8, 4) is 0 Å². The van der Waals surface area contributed by atoms with Gasteiger partial charge in [-0.05, 0) is 49.2 Å². The van der Waals surface area contributed by atoms with Crippen molar-refractivity contribution >= 4 is 27.4 Å². The average molecular weight is 527 g/mol. The Hall–Kier alpha value is -2.90.